The van der Waals surface area contributed by atoms with Crippen molar-refractivity contribution in [3.8, 4) is 0 Å². The van der Waals surface area contributed by atoms with Crippen LogP contribution in [0.5, 0.6) is 0 Å². The van der Waals surface area contributed by atoms with Crippen LogP contribution in [0.1, 0.15) is 41.1 Å². The van der Waals surface area contributed by atoms with Crippen molar-refractivity contribution in [1.82, 2.24) is 5.32 Å². The normalized spacial score (nSPS) is 15.6. The highest BCUT2D eigenvalue weighted by molar-refractivity contribution is 9.10. The monoisotopic (exact) mass is 347 g/mol. The van der Waals surface area contributed by atoms with Crippen LogP contribution in [0.4, 0.5) is 4.39 Å². The quantitative estimate of drug-likeness (QED) is 0.842. The van der Waals surface area contributed by atoms with Gasteiger partial charge in [0.2, 0.25) is 0 Å². The Morgan fingerprint density at radius 1 is 1.05 bits per heavy atom. The zero-order valence-corrected chi connectivity index (χ0v) is 13.7. The Labute approximate surface area is 133 Å². The van der Waals surface area contributed by atoms with E-state index in [0.29, 0.717) is 5.56 Å². The maximum atomic E-state index is 14.2. The molecule has 3 heteroatoms. The van der Waals surface area contributed by atoms with Gasteiger partial charge in [0.15, 0.2) is 0 Å². The van der Waals surface area contributed by atoms with Crippen LogP contribution in [0.3, 0.4) is 0 Å². The Morgan fingerprint density at radius 2 is 1.81 bits per heavy atom. The van der Waals surface area contributed by atoms with E-state index < -0.39 is 0 Å². The van der Waals surface area contributed by atoms with Crippen molar-refractivity contribution in [2.75, 3.05) is 7.05 Å². The molecule has 0 bridgehead atoms. The van der Waals surface area contributed by atoms with Crippen molar-refractivity contribution < 1.29 is 4.39 Å². The summed E-state index contributed by atoms with van der Waals surface area (Å²) in [6, 6.07) is 11.6. The molecule has 1 aliphatic rings. The summed E-state index contributed by atoms with van der Waals surface area (Å²) in [5.74, 6) is -0.171. The van der Waals surface area contributed by atoms with E-state index in [4.69, 9.17) is 0 Å². The van der Waals surface area contributed by atoms with Crippen molar-refractivity contribution in [2.45, 2.75) is 31.7 Å². The van der Waals surface area contributed by atoms with Gasteiger partial charge in [-0.15, -0.1) is 0 Å². The number of rotatable bonds is 3. The van der Waals surface area contributed by atoms with Gasteiger partial charge in [-0.1, -0.05) is 34.1 Å². The first kappa shape index (κ1) is 14.7. The molecule has 1 nitrogen and oxygen atoms in total. The zero-order valence-electron chi connectivity index (χ0n) is 12.1. The topological polar surface area (TPSA) is 12.0 Å². The lowest BCUT2D eigenvalue weighted by Gasteiger charge is -2.22. The van der Waals surface area contributed by atoms with E-state index in [1.807, 2.05) is 13.1 Å². The fourth-order valence-corrected chi connectivity index (χ4v) is 3.55. The number of halogens is 2. The third-order valence-electron chi connectivity index (χ3n) is 4.26. The lowest BCUT2D eigenvalue weighted by atomic mass is 9.88. The largest absolute Gasteiger partial charge is 0.309 e. The molecule has 0 saturated heterocycles. The Kier molecular flexibility index (Phi) is 4.41. The predicted molar refractivity (Wildman–Crippen MR) is 88.1 cm³/mol. The smallest absolute Gasteiger partial charge is 0.128 e. The minimum atomic E-state index is -0.171. The summed E-state index contributed by atoms with van der Waals surface area (Å²) in [5.41, 5.74) is 4.70. The van der Waals surface area contributed by atoms with Gasteiger partial charge >= 0.3 is 0 Å². The van der Waals surface area contributed by atoms with E-state index in [9.17, 15) is 4.39 Å². The van der Waals surface area contributed by atoms with Crippen LogP contribution in [0.2, 0.25) is 0 Å². The molecule has 1 unspecified atom stereocenters. The van der Waals surface area contributed by atoms with Gasteiger partial charge in [-0.3, -0.25) is 0 Å². The molecule has 0 aliphatic heterocycles. The Bertz CT molecular complexity index is 654. The second kappa shape index (κ2) is 6.29. The van der Waals surface area contributed by atoms with Crippen LogP contribution in [-0.2, 0) is 12.8 Å². The minimum absolute atomic E-state index is 0.116. The molecule has 0 spiro atoms. The Morgan fingerprint density at radius 3 is 2.57 bits per heavy atom. The van der Waals surface area contributed by atoms with E-state index in [2.05, 4.69) is 39.4 Å². The molecule has 0 aromatic heterocycles. The van der Waals surface area contributed by atoms with Crippen molar-refractivity contribution in [3.63, 3.8) is 0 Å². The lowest BCUT2D eigenvalue weighted by molar-refractivity contribution is 0.575. The van der Waals surface area contributed by atoms with Crippen molar-refractivity contribution in [3.05, 3.63) is 68.9 Å². The van der Waals surface area contributed by atoms with Gasteiger partial charge in [0.1, 0.15) is 5.82 Å². The van der Waals surface area contributed by atoms with Gasteiger partial charge in [0.05, 0.1) is 6.04 Å². The standard InChI is InChI=1S/C18H19BrFN/c1-21-18(16-11-15(19)8-9-17(16)20)14-7-6-12-4-2-3-5-13(12)10-14/h6-11,18,21H,2-5H2,1H3. The predicted octanol–water partition coefficient (Wildman–Crippen LogP) is 4.78. The Balaban J connectivity index is 2.01. The summed E-state index contributed by atoms with van der Waals surface area (Å²) in [5, 5.41) is 3.25. The molecule has 0 saturated carbocycles. The van der Waals surface area contributed by atoms with Crippen LogP contribution >= 0.6 is 15.9 Å². The van der Waals surface area contributed by atoms with Gasteiger partial charge < -0.3 is 5.32 Å². The molecule has 0 heterocycles. The average Bonchev–Trinajstić information content (AvgIpc) is 2.51. The Hall–Kier alpha value is -1.19. The number of fused-ring (bicyclic) bond motifs is 1. The van der Waals surface area contributed by atoms with Crippen molar-refractivity contribution in [2.24, 2.45) is 0 Å². The molecule has 0 fully saturated rings. The molecular weight excluding hydrogens is 329 g/mol. The molecule has 1 atom stereocenters. The van der Waals surface area contributed by atoms with Crippen LogP contribution in [-0.4, -0.2) is 7.05 Å². The maximum Gasteiger partial charge on any atom is 0.128 e. The third kappa shape index (κ3) is 3.04. The summed E-state index contributed by atoms with van der Waals surface area (Å²) in [6.45, 7) is 0. The highest BCUT2D eigenvalue weighted by Crippen LogP contribution is 2.30. The molecule has 2 aromatic rings. The first-order valence-corrected chi connectivity index (χ1v) is 8.22. The summed E-state index contributed by atoms with van der Waals surface area (Å²) < 4.78 is 15.1. The molecule has 0 radical (unpaired) electrons. The first-order chi connectivity index (χ1) is 10.2. The van der Waals surface area contributed by atoms with Gasteiger partial charge in [-0.05, 0) is 67.6 Å². The molecule has 3 rings (SSSR count). The van der Waals surface area contributed by atoms with Crippen molar-refractivity contribution >= 4 is 15.9 Å². The second-order valence-electron chi connectivity index (χ2n) is 5.62. The number of hydrogen-bond acceptors (Lipinski definition) is 1. The van der Waals surface area contributed by atoms with E-state index in [-0.39, 0.29) is 11.9 Å². The molecule has 2 aromatic carbocycles. The van der Waals surface area contributed by atoms with E-state index >= 15 is 0 Å². The number of nitrogens with one attached hydrogen (secondary N) is 1. The van der Waals surface area contributed by atoms with E-state index in [1.165, 1.54) is 36.5 Å². The first-order valence-electron chi connectivity index (χ1n) is 7.43. The fraction of sp³-hybridized carbons (Fsp3) is 0.333. The molecular formula is C18H19BrFN. The summed E-state index contributed by atoms with van der Waals surface area (Å²) in [7, 11) is 1.88. The van der Waals surface area contributed by atoms with Gasteiger partial charge in [-0.25, -0.2) is 4.39 Å². The molecule has 1 aliphatic carbocycles. The lowest BCUT2D eigenvalue weighted by Crippen LogP contribution is -2.19. The van der Waals surface area contributed by atoms with Gasteiger partial charge in [0, 0.05) is 10.0 Å². The number of hydrogen-bond donors (Lipinski definition) is 1. The number of benzene rings is 2. The molecule has 21 heavy (non-hydrogen) atoms. The van der Waals surface area contributed by atoms with Crippen LogP contribution in [0.25, 0.3) is 0 Å². The maximum absolute atomic E-state index is 14.2. The third-order valence-corrected chi connectivity index (χ3v) is 4.76. The zero-order chi connectivity index (χ0) is 14.8. The summed E-state index contributed by atoms with van der Waals surface area (Å²) >= 11 is 3.43. The molecule has 0 amide bonds. The van der Waals surface area contributed by atoms with Crippen LogP contribution in [0, 0.1) is 5.82 Å². The van der Waals surface area contributed by atoms with Gasteiger partial charge in [0.25, 0.3) is 0 Å². The minimum Gasteiger partial charge on any atom is -0.309 e. The summed E-state index contributed by atoms with van der Waals surface area (Å²) in [4.78, 5) is 0. The molecule has 1 N–H and O–H groups in total. The fourth-order valence-electron chi connectivity index (χ4n) is 3.17. The highest BCUT2D eigenvalue weighted by atomic mass is 79.9. The van der Waals surface area contributed by atoms with Gasteiger partial charge in [-0.2, -0.15) is 0 Å². The number of aryl methyl sites for hydroxylation is 2. The van der Waals surface area contributed by atoms with Crippen LogP contribution in [0.15, 0.2) is 40.9 Å². The van der Waals surface area contributed by atoms with Crippen molar-refractivity contribution in [1.29, 1.82) is 0 Å². The molecule has 110 valence electrons. The summed E-state index contributed by atoms with van der Waals surface area (Å²) in [6.07, 6.45) is 4.85. The average molecular weight is 348 g/mol. The van der Waals surface area contributed by atoms with E-state index in [1.54, 1.807) is 6.07 Å². The SMILES string of the molecule is CNC(c1ccc2c(c1)CCCC2)c1cc(Br)ccc1F. The highest BCUT2D eigenvalue weighted by Gasteiger charge is 2.18. The van der Waals surface area contributed by atoms with Crippen LogP contribution < -0.4 is 5.32 Å². The second-order valence-corrected chi connectivity index (χ2v) is 6.54. The van der Waals surface area contributed by atoms with E-state index in [0.717, 1.165) is 16.5 Å².